The van der Waals surface area contributed by atoms with Gasteiger partial charge in [-0.25, -0.2) is 0 Å². The highest BCUT2D eigenvalue weighted by Crippen LogP contribution is 2.08. The standard InChI is InChI=1S/C10H19N3O/c1-2-9(11)12-6-5-10(14)13-7-3-4-8-13/h2-8H2,1H3,(H2,11,12). The number of nitrogens with two attached hydrogens (primary N) is 1. The first-order valence-electron chi connectivity index (χ1n) is 5.30. The van der Waals surface area contributed by atoms with Gasteiger partial charge in [-0.2, -0.15) is 0 Å². The lowest BCUT2D eigenvalue weighted by atomic mass is 10.3. The molecule has 2 N–H and O–H groups in total. The van der Waals surface area contributed by atoms with Crippen molar-refractivity contribution in [3.8, 4) is 0 Å². The lowest BCUT2D eigenvalue weighted by molar-refractivity contribution is -0.129. The third-order valence-electron chi connectivity index (χ3n) is 2.46. The maximum Gasteiger partial charge on any atom is 0.224 e. The Hall–Kier alpha value is -1.06. The Morgan fingerprint density at radius 3 is 2.64 bits per heavy atom. The molecule has 0 spiro atoms. The summed E-state index contributed by atoms with van der Waals surface area (Å²) in [6, 6.07) is 0. The van der Waals surface area contributed by atoms with Crippen LogP contribution in [0.4, 0.5) is 0 Å². The van der Waals surface area contributed by atoms with Crippen molar-refractivity contribution < 1.29 is 4.79 Å². The molecule has 0 aromatic carbocycles. The van der Waals surface area contributed by atoms with Crippen LogP contribution in [0.3, 0.4) is 0 Å². The molecule has 0 saturated carbocycles. The van der Waals surface area contributed by atoms with Gasteiger partial charge in [-0.3, -0.25) is 9.79 Å². The van der Waals surface area contributed by atoms with Gasteiger partial charge in [0.15, 0.2) is 0 Å². The van der Waals surface area contributed by atoms with Crippen molar-refractivity contribution in [3.05, 3.63) is 0 Å². The topological polar surface area (TPSA) is 58.7 Å². The zero-order valence-electron chi connectivity index (χ0n) is 8.83. The average Bonchev–Trinajstić information content (AvgIpc) is 2.70. The van der Waals surface area contributed by atoms with E-state index in [2.05, 4.69) is 4.99 Å². The van der Waals surface area contributed by atoms with E-state index in [1.165, 1.54) is 0 Å². The fraction of sp³-hybridized carbons (Fsp3) is 0.800. The van der Waals surface area contributed by atoms with Crippen molar-refractivity contribution in [1.82, 2.24) is 4.90 Å². The van der Waals surface area contributed by atoms with E-state index in [0.717, 1.165) is 32.4 Å². The van der Waals surface area contributed by atoms with Gasteiger partial charge in [0.05, 0.1) is 5.84 Å². The minimum atomic E-state index is 0.218. The minimum absolute atomic E-state index is 0.218. The van der Waals surface area contributed by atoms with Crippen LogP contribution in [0.2, 0.25) is 0 Å². The van der Waals surface area contributed by atoms with Crippen molar-refractivity contribution in [1.29, 1.82) is 0 Å². The van der Waals surface area contributed by atoms with Gasteiger partial charge in [0.2, 0.25) is 5.91 Å². The Kier molecular flexibility index (Phi) is 4.43. The second kappa shape index (κ2) is 5.62. The Labute approximate surface area is 85.2 Å². The van der Waals surface area contributed by atoms with Crippen LogP contribution in [0.25, 0.3) is 0 Å². The van der Waals surface area contributed by atoms with Gasteiger partial charge in [0.1, 0.15) is 0 Å². The van der Waals surface area contributed by atoms with E-state index < -0.39 is 0 Å². The maximum atomic E-state index is 11.5. The highest BCUT2D eigenvalue weighted by molar-refractivity contribution is 5.81. The van der Waals surface area contributed by atoms with E-state index >= 15 is 0 Å². The van der Waals surface area contributed by atoms with E-state index in [0.29, 0.717) is 18.8 Å². The predicted molar refractivity (Wildman–Crippen MR) is 57.2 cm³/mol. The summed E-state index contributed by atoms with van der Waals surface area (Å²) in [7, 11) is 0. The van der Waals surface area contributed by atoms with Gasteiger partial charge in [0, 0.05) is 32.5 Å². The summed E-state index contributed by atoms with van der Waals surface area (Å²) >= 11 is 0. The third kappa shape index (κ3) is 3.36. The predicted octanol–water partition coefficient (Wildman–Crippen LogP) is 0.766. The number of nitrogens with zero attached hydrogens (tertiary/aromatic N) is 2. The molecule has 1 rings (SSSR count). The first-order valence-corrected chi connectivity index (χ1v) is 5.30. The fourth-order valence-electron chi connectivity index (χ4n) is 1.53. The summed E-state index contributed by atoms with van der Waals surface area (Å²) in [5.41, 5.74) is 5.54. The van der Waals surface area contributed by atoms with E-state index in [9.17, 15) is 4.79 Å². The number of hydrogen-bond acceptors (Lipinski definition) is 2. The quantitative estimate of drug-likeness (QED) is 0.534. The van der Waals surface area contributed by atoms with E-state index in [-0.39, 0.29) is 5.91 Å². The highest BCUT2D eigenvalue weighted by atomic mass is 16.2. The summed E-state index contributed by atoms with van der Waals surface area (Å²) in [6.07, 6.45) is 3.55. The number of amidine groups is 1. The van der Waals surface area contributed by atoms with Crippen molar-refractivity contribution >= 4 is 11.7 Å². The van der Waals surface area contributed by atoms with E-state index in [1.807, 2.05) is 11.8 Å². The largest absolute Gasteiger partial charge is 0.387 e. The van der Waals surface area contributed by atoms with Gasteiger partial charge in [0.25, 0.3) is 0 Å². The number of carbonyl (C=O) groups is 1. The summed E-state index contributed by atoms with van der Waals surface area (Å²) in [5.74, 6) is 0.856. The Morgan fingerprint density at radius 2 is 2.07 bits per heavy atom. The minimum Gasteiger partial charge on any atom is -0.387 e. The molecule has 80 valence electrons. The smallest absolute Gasteiger partial charge is 0.224 e. The first-order chi connectivity index (χ1) is 6.74. The lowest BCUT2D eigenvalue weighted by Crippen LogP contribution is -2.28. The summed E-state index contributed by atoms with van der Waals surface area (Å²) < 4.78 is 0. The van der Waals surface area contributed by atoms with Crippen LogP contribution in [0.1, 0.15) is 32.6 Å². The molecule has 1 amide bonds. The average molecular weight is 197 g/mol. The Balaban J connectivity index is 2.20. The van der Waals surface area contributed by atoms with Crippen LogP contribution in [0.15, 0.2) is 4.99 Å². The van der Waals surface area contributed by atoms with Gasteiger partial charge in [-0.15, -0.1) is 0 Å². The van der Waals surface area contributed by atoms with Crippen LogP contribution in [-0.2, 0) is 4.79 Å². The van der Waals surface area contributed by atoms with Gasteiger partial charge >= 0.3 is 0 Å². The van der Waals surface area contributed by atoms with Gasteiger partial charge in [-0.05, 0) is 12.8 Å². The molecule has 0 aliphatic carbocycles. The normalized spacial score (nSPS) is 17.5. The molecule has 0 atom stereocenters. The van der Waals surface area contributed by atoms with Crippen LogP contribution in [0, 0.1) is 0 Å². The van der Waals surface area contributed by atoms with E-state index in [1.54, 1.807) is 0 Å². The molecule has 0 aromatic heterocycles. The van der Waals surface area contributed by atoms with Crippen molar-refractivity contribution in [2.75, 3.05) is 19.6 Å². The van der Waals surface area contributed by atoms with Crippen molar-refractivity contribution in [3.63, 3.8) is 0 Å². The third-order valence-corrected chi connectivity index (χ3v) is 2.46. The fourth-order valence-corrected chi connectivity index (χ4v) is 1.53. The molecule has 0 unspecified atom stereocenters. The van der Waals surface area contributed by atoms with Crippen molar-refractivity contribution in [2.45, 2.75) is 32.6 Å². The molecule has 1 heterocycles. The van der Waals surface area contributed by atoms with Crippen LogP contribution >= 0.6 is 0 Å². The van der Waals surface area contributed by atoms with Gasteiger partial charge < -0.3 is 10.6 Å². The molecule has 1 aliphatic heterocycles. The second-order valence-electron chi connectivity index (χ2n) is 3.56. The summed E-state index contributed by atoms with van der Waals surface area (Å²) in [5, 5.41) is 0. The zero-order chi connectivity index (χ0) is 10.4. The lowest BCUT2D eigenvalue weighted by Gasteiger charge is -2.13. The first kappa shape index (κ1) is 11.0. The molecule has 1 aliphatic rings. The van der Waals surface area contributed by atoms with Crippen molar-refractivity contribution in [2.24, 2.45) is 10.7 Å². The molecular formula is C10H19N3O. The maximum absolute atomic E-state index is 11.5. The molecule has 0 bridgehead atoms. The number of carbonyl (C=O) groups excluding carboxylic acids is 1. The Bertz CT molecular complexity index is 219. The molecule has 1 saturated heterocycles. The molecular weight excluding hydrogens is 178 g/mol. The number of amides is 1. The molecule has 0 aromatic rings. The second-order valence-corrected chi connectivity index (χ2v) is 3.56. The number of likely N-dealkylation sites (tertiary alicyclic amines) is 1. The Morgan fingerprint density at radius 1 is 1.43 bits per heavy atom. The molecule has 14 heavy (non-hydrogen) atoms. The van der Waals surface area contributed by atoms with Crippen LogP contribution < -0.4 is 5.73 Å². The van der Waals surface area contributed by atoms with Gasteiger partial charge in [-0.1, -0.05) is 6.92 Å². The number of rotatable bonds is 4. The van der Waals surface area contributed by atoms with E-state index in [4.69, 9.17) is 5.73 Å². The van der Waals surface area contributed by atoms with Crippen LogP contribution in [-0.4, -0.2) is 36.3 Å². The molecule has 1 fully saturated rings. The molecule has 4 heteroatoms. The SMILES string of the molecule is CCC(N)=NCCC(=O)N1CCCC1. The highest BCUT2D eigenvalue weighted by Gasteiger charge is 2.16. The number of aliphatic imine (C=N–C) groups is 1. The summed E-state index contributed by atoms with van der Waals surface area (Å²) in [4.78, 5) is 17.5. The molecule has 4 nitrogen and oxygen atoms in total. The number of hydrogen-bond donors (Lipinski definition) is 1. The monoisotopic (exact) mass is 197 g/mol. The summed E-state index contributed by atoms with van der Waals surface area (Å²) in [6.45, 7) is 4.34. The molecule has 0 radical (unpaired) electrons. The van der Waals surface area contributed by atoms with Crippen LogP contribution in [0.5, 0.6) is 0 Å². The zero-order valence-corrected chi connectivity index (χ0v) is 8.83.